The van der Waals surface area contributed by atoms with Crippen LogP contribution < -0.4 is 0 Å². The summed E-state index contributed by atoms with van der Waals surface area (Å²) in [5.74, 6) is 2.49. The number of allylic oxidation sites excluding steroid dienone is 2. The Balaban J connectivity index is 0.000000401. The number of aldehydes is 1. The van der Waals surface area contributed by atoms with E-state index in [0.29, 0.717) is 24.2 Å². The summed E-state index contributed by atoms with van der Waals surface area (Å²) in [6.45, 7) is 13.0. The molecule has 0 aromatic carbocycles. The summed E-state index contributed by atoms with van der Waals surface area (Å²) in [5.41, 5.74) is 1.36. The Hall–Kier alpha value is -0.630. The summed E-state index contributed by atoms with van der Waals surface area (Å²) in [6, 6.07) is 0. The molecule has 4 atom stereocenters. The van der Waals surface area contributed by atoms with Gasteiger partial charge in [-0.25, -0.2) is 0 Å². The monoisotopic (exact) mass is 310 g/mol. The number of rotatable bonds is 6. The van der Waals surface area contributed by atoms with E-state index < -0.39 is 0 Å². The van der Waals surface area contributed by atoms with E-state index in [0.717, 1.165) is 31.5 Å². The Morgan fingerprint density at radius 3 is 2.32 bits per heavy atom. The van der Waals surface area contributed by atoms with Gasteiger partial charge in [-0.2, -0.15) is 0 Å². The number of carbonyl (C=O) groups excluding carboxylic acids is 1. The molecular formula is C20H38O2. The summed E-state index contributed by atoms with van der Waals surface area (Å²) >= 11 is 0. The van der Waals surface area contributed by atoms with Crippen LogP contribution in [0.5, 0.6) is 0 Å². The predicted molar refractivity (Wildman–Crippen MR) is 95.9 cm³/mol. The zero-order valence-corrected chi connectivity index (χ0v) is 15.6. The van der Waals surface area contributed by atoms with Gasteiger partial charge in [-0.15, -0.1) is 0 Å². The van der Waals surface area contributed by atoms with E-state index >= 15 is 0 Å². The molecule has 0 aromatic rings. The Morgan fingerprint density at radius 1 is 1.23 bits per heavy atom. The molecule has 0 heterocycles. The van der Waals surface area contributed by atoms with Gasteiger partial charge in [0, 0.05) is 6.42 Å². The lowest BCUT2D eigenvalue weighted by Gasteiger charge is -2.33. The molecule has 0 bridgehead atoms. The molecule has 2 heteroatoms. The maximum Gasteiger partial charge on any atom is 0.120 e. The smallest absolute Gasteiger partial charge is 0.120 e. The molecule has 0 saturated heterocycles. The Morgan fingerprint density at radius 2 is 1.86 bits per heavy atom. The van der Waals surface area contributed by atoms with E-state index in [2.05, 4.69) is 47.6 Å². The molecule has 1 fully saturated rings. The summed E-state index contributed by atoms with van der Waals surface area (Å²) < 4.78 is 0. The summed E-state index contributed by atoms with van der Waals surface area (Å²) in [5, 5.41) is 9.71. The van der Waals surface area contributed by atoms with Crippen molar-refractivity contribution in [2.45, 2.75) is 86.2 Å². The van der Waals surface area contributed by atoms with Crippen molar-refractivity contribution in [3.8, 4) is 0 Å². The molecule has 22 heavy (non-hydrogen) atoms. The van der Waals surface area contributed by atoms with Crippen LogP contribution in [0.1, 0.15) is 80.1 Å². The fraction of sp³-hybridized carbons (Fsp3) is 0.850. The van der Waals surface area contributed by atoms with E-state index in [9.17, 15) is 9.90 Å². The van der Waals surface area contributed by atoms with E-state index in [4.69, 9.17) is 0 Å². The second-order valence-electron chi connectivity index (χ2n) is 7.76. The fourth-order valence-corrected chi connectivity index (χ4v) is 3.09. The molecule has 130 valence electrons. The van der Waals surface area contributed by atoms with Crippen LogP contribution in [0, 0.1) is 23.7 Å². The number of hydrogen-bond donors (Lipinski definition) is 1. The molecule has 1 aliphatic carbocycles. The third-order valence-electron chi connectivity index (χ3n) is 4.70. The van der Waals surface area contributed by atoms with Gasteiger partial charge < -0.3 is 9.90 Å². The molecule has 0 amide bonds. The second-order valence-corrected chi connectivity index (χ2v) is 7.76. The number of aliphatic hydroxyl groups is 1. The van der Waals surface area contributed by atoms with E-state index in [1.165, 1.54) is 18.4 Å². The topological polar surface area (TPSA) is 37.3 Å². The summed E-state index contributed by atoms with van der Waals surface area (Å²) in [4.78, 5) is 10.1. The molecule has 1 aliphatic rings. The highest BCUT2D eigenvalue weighted by Gasteiger charge is 2.28. The van der Waals surface area contributed by atoms with Gasteiger partial charge in [0.15, 0.2) is 0 Å². The first-order valence-corrected chi connectivity index (χ1v) is 9.02. The Kier molecular flexibility index (Phi) is 11.5. The minimum atomic E-state index is -0.0289. The van der Waals surface area contributed by atoms with Crippen LogP contribution in [0.25, 0.3) is 0 Å². The van der Waals surface area contributed by atoms with E-state index in [1.807, 2.05) is 0 Å². The SMILES string of the molecule is CC(C)=CCC[C@@H](C)CC=O.CC(C)[C@@H]1CC[C@@H](C)C[C@H]1O. The quantitative estimate of drug-likeness (QED) is 0.527. The van der Waals surface area contributed by atoms with Crippen LogP contribution in [0.4, 0.5) is 0 Å². The largest absolute Gasteiger partial charge is 0.393 e. The van der Waals surface area contributed by atoms with Gasteiger partial charge in [-0.3, -0.25) is 0 Å². The average molecular weight is 311 g/mol. The van der Waals surface area contributed by atoms with Crippen molar-refractivity contribution >= 4 is 6.29 Å². The van der Waals surface area contributed by atoms with Crippen molar-refractivity contribution in [1.82, 2.24) is 0 Å². The van der Waals surface area contributed by atoms with Crippen molar-refractivity contribution in [2.75, 3.05) is 0 Å². The van der Waals surface area contributed by atoms with Gasteiger partial charge >= 0.3 is 0 Å². The lowest BCUT2D eigenvalue weighted by molar-refractivity contribution is -0.108. The average Bonchev–Trinajstić information content (AvgIpc) is 2.38. The normalized spacial score (nSPS) is 25.9. The van der Waals surface area contributed by atoms with Crippen LogP contribution >= 0.6 is 0 Å². The van der Waals surface area contributed by atoms with Crippen molar-refractivity contribution in [2.24, 2.45) is 23.7 Å². The molecule has 0 unspecified atom stereocenters. The van der Waals surface area contributed by atoms with Gasteiger partial charge in [0.2, 0.25) is 0 Å². The van der Waals surface area contributed by atoms with E-state index in [1.54, 1.807) is 0 Å². The van der Waals surface area contributed by atoms with E-state index in [-0.39, 0.29) is 6.10 Å². The van der Waals surface area contributed by atoms with Crippen molar-refractivity contribution in [1.29, 1.82) is 0 Å². The molecule has 0 aromatic heterocycles. The highest BCUT2D eigenvalue weighted by atomic mass is 16.3. The third-order valence-corrected chi connectivity index (χ3v) is 4.70. The maximum absolute atomic E-state index is 10.1. The third kappa shape index (κ3) is 10.2. The van der Waals surface area contributed by atoms with Crippen LogP contribution in [-0.2, 0) is 4.79 Å². The first-order valence-electron chi connectivity index (χ1n) is 9.02. The molecule has 1 rings (SSSR count). The Bertz CT molecular complexity index is 316. The second kappa shape index (κ2) is 11.9. The summed E-state index contributed by atoms with van der Waals surface area (Å²) in [7, 11) is 0. The molecule has 0 radical (unpaired) electrons. The molecule has 2 nitrogen and oxygen atoms in total. The lowest BCUT2D eigenvalue weighted by Crippen LogP contribution is -2.31. The standard InChI is InChI=1S/C10H20O.C10H18O/c1-7(2)9-5-4-8(3)6-10(9)11;1-9(2)5-4-6-10(3)7-8-11/h7-11H,4-6H2,1-3H3;5,8,10H,4,6-7H2,1-3H3/t8-,9+,10-;10-/m11/s1. The molecule has 0 spiro atoms. The van der Waals surface area contributed by atoms with Crippen LogP contribution in [0.15, 0.2) is 11.6 Å². The molecular weight excluding hydrogens is 272 g/mol. The number of carbonyl (C=O) groups is 1. The first-order chi connectivity index (χ1) is 10.3. The molecule has 1 N–H and O–H groups in total. The van der Waals surface area contributed by atoms with Gasteiger partial charge in [0.05, 0.1) is 6.10 Å². The number of aliphatic hydroxyl groups excluding tert-OH is 1. The van der Waals surface area contributed by atoms with Gasteiger partial charge in [-0.1, -0.05) is 45.8 Å². The van der Waals surface area contributed by atoms with Crippen LogP contribution in [-0.4, -0.2) is 17.5 Å². The molecule has 1 saturated carbocycles. The lowest BCUT2D eigenvalue weighted by atomic mass is 9.75. The van der Waals surface area contributed by atoms with Crippen LogP contribution in [0.3, 0.4) is 0 Å². The van der Waals surface area contributed by atoms with Gasteiger partial charge in [0.25, 0.3) is 0 Å². The van der Waals surface area contributed by atoms with Gasteiger partial charge in [0.1, 0.15) is 6.29 Å². The van der Waals surface area contributed by atoms with Crippen LogP contribution in [0.2, 0.25) is 0 Å². The van der Waals surface area contributed by atoms with Gasteiger partial charge in [-0.05, 0) is 63.2 Å². The fourth-order valence-electron chi connectivity index (χ4n) is 3.09. The Labute approximate surface area is 138 Å². The van der Waals surface area contributed by atoms with Crippen molar-refractivity contribution in [3.05, 3.63) is 11.6 Å². The highest BCUT2D eigenvalue weighted by molar-refractivity contribution is 5.49. The minimum absolute atomic E-state index is 0.0289. The zero-order chi connectivity index (χ0) is 17.1. The van der Waals surface area contributed by atoms with Crippen molar-refractivity contribution in [3.63, 3.8) is 0 Å². The molecule has 0 aliphatic heterocycles. The minimum Gasteiger partial charge on any atom is -0.393 e. The highest BCUT2D eigenvalue weighted by Crippen LogP contribution is 2.33. The number of hydrogen-bond acceptors (Lipinski definition) is 2. The zero-order valence-electron chi connectivity index (χ0n) is 15.6. The first kappa shape index (κ1) is 21.4. The summed E-state index contributed by atoms with van der Waals surface area (Å²) in [6.07, 6.45) is 9.69. The predicted octanol–water partition coefficient (Wildman–Crippen LogP) is 5.40. The van der Waals surface area contributed by atoms with Crippen molar-refractivity contribution < 1.29 is 9.90 Å². The maximum atomic E-state index is 10.1.